The van der Waals surface area contributed by atoms with E-state index >= 15 is 0 Å². The summed E-state index contributed by atoms with van der Waals surface area (Å²) in [4.78, 5) is 13.0. The van der Waals surface area contributed by atoms with Crippen LogP contribution < -0.4 is 0 Å². The van der Waals surface area contributed by atoms with E-state index in [0.29, 0.717) is 11.7 Å². The van der Waals surface area contributed by atoms with Gasteiger partial charge in [-0.2, -0.15) is 0 Å². The SMILES string of the molecule is C=NC(=NC(=NC)c1ccccc1)c1ccc2c(c1)oc1ccccc12. The van der Waals surface area contributed by atoms with Gasteiger partial charge in [-0.1, -0.05) is 54.6 Å². The topological polar surface area (TPSA) is 50.2 Å². The predicted octanol–water partition coefficient (Wildman–Crippen LogP) is 5.11. The van der Waals surface area contributed by atoms with Gasteiger partial charge in [-0.15, -0.1) is 0 Å². The molecule has 4 nitrogen and oxygen atoms in total. The highest BCUT2D eigenvalue weighted by atomic mass is 16.3. The molecule has 0 bridgehead atoms. The van der Waals surface area contributed by atoms with Crippen molar-refractivity contribution in [3.05, 3.63) is 83.9 Å². The zero-order valence-corrected chi connectivity index (χ0v) is 14.4. The molecule has 1 aromatic heterocycles. The van der Waals surface area contributed by atoms with E-state index in [2.05, 4.69) is 27.8 Å². The van der Waals surface area contributed by atoms with Gasteiger partial charge in [-0.25, -0.2) is 9.98 Å². The molecule has 0 aliphatic rings. The Morgan fingerprint density at radius 2 is 1.50 bits per heavy atom. The van der Waals surface area contributed by atoms with Gasteiger partial charge in [0.1, 0.15) is 11.2 Å². The van der Waals surface area contributed by atoms with Crippen molar-refractivity contribution in [3.63, 3.8) is 0 Å². The van der Waals surface area contributed by atoms with Crippen molar-refractivity contribution in [2.45, 2.75) is 0 Å². The maximum atomic E-state index is 5.96. The molecule has 4 rings (SSSR count). The van der Waals surface area contributed by atoms with Gasteiger partial charge < -0.3 is 4.42 Å². The fourth-order valence-electron chi connectivity index (χ4n) is 2.99. The summed E-state index contributed by atoms with van der Waals surface area (Å²) in [6.45, 7) is 3.67. The summed E-state index contributed by atoms with van der Waals surface area (Å²) >= 11 is 0. The summed E-state index contributed by atoms with van der Waals surface area (Å²) in [5.41, 5.74) is 3.43. The molecule has 26 heavy (non-hydrogen) atoms. The van der Waals surface area contributed by atoms with Crippen LogP contribution in [0.1, 0.15) is 11.1 Å². The van der Waals surface area contributed by atoms with Gasteiger partial charge >= 0.3 is 0 Å². The second kappa shape index (κ2) is 6.76. The van der Waals surface area contributed by atoms with Crippen molar-refractivity contribution in [1.82, 2.24) is 0 Å². The van der Waals surface area contributed by atoms with Crippen LogP contribution in [0.25, 0.3) is 21.9 Å². The smallest absolute Gasteiger partial charge is 0.161 e. The molecule has 0 N–H and O–H groups in total. The molecule has 3 aromatic carbocycles. The molecule has 0 saturated carbocycles. The maximum absolute atomic E-state index is 5.96. The van der Waals surface area contributed by atoms with Crippen LogP contribution in [0.4, 0.5) is 0 Å². The average molecular weight is 339 g/mol. The molecule has 0 radical (unpaired) electrons. The number of benzene rings is 3. The zero-order valence-electron chi connectivity index (χ0n) is 14.4. The molecule has 0 amide bonds. The van der Waals surface area contributed by atoms with Gasteiger partial charge in [-0.3, -0.25) is 4.99 Å². The molecule has 1 heterocycles. The van der Waals surface area contributed by atoms with E-state index in [1.54, 1.807) is 7.05 Å². The molecule has 126 valence electrons. The normalized spacial score (nSPS) is 12.7. The first-order valence-corrected chi connectivity index (χ1v) is 8.29. The molecule has 4 heteroatoms. The lowest BCUT2D eigenvalue weighted by molar-refractivity contribution is 0.669. The van der Waals surface area contributed by atoms with Gasteiger partial charge in [-0.05, 0) is 24.9 Å². The highest BCUT2D eigenvalue weighted by Gasteiger charge is 2.10. The Hall–Kier alpha value is -3.53. The molecular weight excluding hydrogens is 322 g/mol. The summed E-state index contributed by atoms with van der Waals surface area (Å²) < 4.78 is 5.96. The monoisotopic (exact) mass is 339 g/mol. The minimum absolute atomic E-state index is 0.511. The summed E-state index contributed by atoms with van der Waals surface area (Å²) in [7, 11) is 1.72. The summed E-state index contributed by atoms with van der Waals surface area (Å²) in [5, 5.41) is 2.17. The third-order valence-corrected chi connectivity index (χ3v) is 4.24. The van der Waals surface area contributed by atoms with E-state index in [-0.39, 0.29) is 0 Å². The quantitative estimate of drug-likeness (QED) is 0.370. The fraction of sp³-hybridized carbons (Fsp3) is 0.0455. The van der Waals surface area contributed by atoms with Gasteiger partial charge in [0.25, 0.3) is 0 Å². The minimum Gasteiger partial charge on any atom is -0.456 e. The second-order valence-electron chi connectivity index (χ2n) is 5.82. The van der Waals surface area contributed by atoms with Crippen molar-refractivity contribution in [1.29, 1.82) is 0 Å². The van der Waals surface area contributed by atoms with Crippen LogP contribution in [0.15, 0.2) is 92.2 Å². The van der Waals surface area contributed by atoms with Crippen molar-refractivity contribution in [2.24, 2.45) is 15.0 Å². The van der Waals surface area contributed by atoms with E-state index in [0.717, 1.165) is 33.1 Å². The van der Waals surface area contributed by atoms with Crippen LogP contribution in [0.2, 0.25) is 0 Å². The van der Waals surface area contributed by atoms with Gasteiger partial charge in [0.05, 0.1) is 0 Å². The van der Waals surface area contributed by atoms with Crippen LogP contribution in [-0.4, -0.2) is 25.4 Å². The number of rotatable bonds is 2. The van der Waals surface area contributed by atoms with Crippen LogP contribution in [0, 0.1) is 0 Å². The van der Waals surface area contributed by atoms with E-state index in [1.807, 2.05) is 66.7 Å². The van der Waals surface area contributed by atoms with Gasteiger partial charge in [0.15, 0.2) is 11.7 Å². The summed E-state index contributed by atoms with van der Waals surface area (Å²) in [5.74, 6) is 1.12. The second-order valence-corrected chi connectivity index (χ2v) is 5.82. The molecule has 0 aliphatic heterocycles. The Labute approximate surface area is 151 Å². The Morgan fingerprint density at radius 3 is 2.27 bits per heavy atom. The Bertz CT molecular complexity index is 1150. The van der Waals surface area contributed by atoms with E-state index < -0.39 is 0 Å². The third-order valence-electron chi connectivity index (χ3n) is 4.24. The number of hydrogen-bond donors (Lipinski definition) is 0. The summed E-state index contributed by atoms with van der Waals surface area (Å²) in [6.07, 6.45) is 0. The zero-order chi connectivity index (χ0) is 17.9. The van der Waals surface area contributed by atoms with E-state index in [4.69, 9.17) is 4.42 Å². The van der Waals surface area contributed by atoms with Crippen molar-refractivity contribution in [3.8, 4) is 0 Å². The summed E-state index contributed by atoms with van der Waals surface area (Å²) in [6, 6.07) is 23.8. The fourth-order valence-corrected chi connectivity index (χ4v) is 2.99. The number of amidine groups is 2. The third kappa shape index (κ3) is 2.82. The molecule has 0 unspecified atom stereocenters. The standard InChI is InChI=1S/C22H17N3O/c1-23-21(15-8-4-3-5-9-15)25-22(24-2)16-12-13-18-17-10-6-7-11-19(17)26-20(18)14-16/h3-14H,2H2,1H3. The van der Waals surface area contributed by atoms with Crippen molar-refractivity contribution >= 4 is 40.3 Å². The lowest BCUT2D eigenvalue weighted by Crippen LogP contribution is -2.04. The van der Waals surface area contributed by atoms with Crippen molar-refractivity contribution < 1.29 is 4.42 Å². The van der Waals surface area contributed by atoms with Crippen molar-refractivity contribution in [2.75, 3.05) is 7.05 Å². The lowest BCUT2D eigenvalue weighted by atomic mass is 10.1. The highest BCUT2D eigenvalue weighted by molar-refractivity contribution is 6.14. The van der Waals surface area contributed by atoms with Crippen LogP contribution >= 0.6 is 0 Å². The first kappa shape index (κ1) is 16.0. The maximum Gasteiger partial charge on any atom is 0.161 e. The molecule has 0 aliphatic carbocycles. The lowest BCUT2D eigenvalue weighted by Gasteiger charge is -2.04. The Kier molecular flexibility index (Phi) is 4.15. The number of furan rings is 1. The number of aliphatic imine (C=N–C) groups is 3. The van der Waals surface area contributed by atoms with Crippen LogP contribution in [0.3, 0.4) is 0 Å². The Balaban J connectivity index is 1.81. The largest absolute Gasteiger partial charge is 0.456 e. The number of nitrogens with zero attached hydrogens (tertiary/aromatic N) is 3. The van der Waals surface area contributed by atoms with Crippen LogP contribution in [-0.2, 0) is 0 Å². The molecule has 0 spiro atoms. The predicted molar refractivity (Wildman–Crippen MR) is 109 cm³/mol. The number of para-hydroxylation sites is 1. The van der Waals surface area contributed by atoms with Gasteiger partial charge in [0, 0.05) is 28.9 Å². The molecule has 0 fully saturated rings. The average Bonchev–Trinajstić information content (AvgIpc) is 3.07. The molecule has 4 aromatic rings. The van der Waals surface area contributed by atoms with Crippen LogP contribution in [0.5, 0.6) is 0 Å². The highest BCUT2D eigenvalue weighted by Crippen LogP contribution is 2.29. The number of hydrogen-bond acceptors (Lipinski definition) is 2. The van der Waals surface area contributed by atoms with Gasteiger partial charge in [0.2, 0.25) is 0 Å². The van der Waals surface area contributed by atoms with E-state index in [9.17, 15) is 0 Å². The molecule has 0 saturated heterocycles. The van der Waals surface area contributed by atoms with E-state index in [1.165, 1.54) is 0 Å². The molecular formula is C22H17N3O. The first-order chi connectivity index (χ1) is 12.8. The minimum atomic E-state index is 0.511. The molecule has 0 atom stereocenters. The number of fused-ring (bicyclic) bond motifs is 3. The Morgan fingerprint density at radius 1 is 0.769 bits per heavy atom. The first-order valence-electron chi connectivity index (χ1n) is 8.29.